The van der Waals surface area contributed by atoms with Gasteiger partial charge in [0.15, 0.2) is 0 Å². The molecule has 8 nitrogen and oxygen atoms in total. The Labute approximate surface area is 199 Å². The average Bonchev–Trinajstić information content (AvgIpc) is 2.82. The highest BCUT2D eigenvalue weighted by Gasteiger charge is 2.15. The van der Waals surface area contributed by atoms with Crippen LogP contribution in [0.4, 0.5) is 0 Å². The molecule has 8 heteroatoms. The van der Waals surface area contributed by atoms with Gasteiger partial charge in [-0.1, -0.05) is 24.3 Å². The lowest BCUT2D eigenvalue weighted by Gasteiger charge is -2.15. The third-order valence-corrected chi connectivity index (χ3v) is 5.19. The van der Waals surface area contributed by atoms with Gasteiger partial charge in [0.2, 0.25) is 0 Å². The Morgan fingerprint density at radius 1 is 1.00 bits per heavy atom. The monoisotopic (exact) mass is 471 g/mol. The first-order valence-electron chi connectivity index (χ1n) is 11.4. The predicted octanol–water partition coefficient (Wildman–Crippen LogP) is 4.66. The van der Waals surface area contributed by atoms with Gasteiger partial charge in [0.1, 0.15) is 11.5 Å². The molecule has 0 radical (unpaired) electrons. The number of rotatable bonds is 16. The van der Waals surface area contributed by atoms with Crippen molar-refractivity contribution in [1.29, 1.82) is 0 Å². The molecule has 1 heterocycles. The largest absolute Gasteiger partial charge is 0.497 e. The zero-order valence-corrected chi connectivity index (χ0v) is 19.5. The highest BCUT2D eigenvalue weighted by atomic mass is 16.5. The van der Waals surface area contributed by atoms with Gasteiger partial charge in [-0.2, -0.15) is 0 Å². The number of benzene rings is 1. The Morgan fingerprint density at radius 3 is 2.41 bits per heavy atom. The van der Waals surface area contributed by atoms with Crippen LogP contribution in [0.3, 0.4) is 0 Å². The van der Waals surface area contributed by atoms with E-state index in [4.69, 9.17) is 19.7 Å². The molecule has 0 fully saturated rings. The van der Waals surface area contributed by atoms with Gasteiger partial charge in [0.05, 0.1) is 37.6 Å². The second-order valence-corrected chi connectivity index (χ2v) is 7.90. The Morgan fingerprint density at radius 2 is 1.74 bits per heavy atom. The summed E-state index contributed by atoms with van der Waals surface area (Å²) in [5.41, 5.74) is 1.98. The number of aliphatic hydroxyl groups is 1. The number of ether oxygens (including phenoxy) is 2. The Kier molecular flexibility index (Phi) is 11.6. The standard InChI is InChI=1S/C26H33NO7/c1-33-20-12-10-19(11-13-20)7-4-2-3-5-18-34-24-16-14-21(23(28)8-6-9-25(29)30)27-22(24)15-17-26(31)32/h4,7,10-14,16,23,28H,2-3,5-6,8-9,15,17-18H2,1H3,(H,29,30)(H,31,32). The summed E-state index contributed by atoms with van der Waals surface area (Å²) in [6.07, 6.45) is 6.58. The molecule has 184 valence electrons. The minimum atomic E-state index is -0.941. The maximum absolute atomic E-state index is 11.0. The van der Waals surface area contributed by atoms with Gasteiger partial charge in [-0.3, -0.25) is 14.6 Å². The summed E-state index contributed by atoms with van der Waals surface area (Å²) >= 11 is 0. The summed E-state index contributed by atoms with van der Waals surface area (Å²) in [5, 5.41) is 28.1. The Hall–Kier alpha value is -3.39. The van der Waals surface area contributed by atoms with Gasteiger partial charge >= 0.3 is 11.9 Å². The molecular weight excluding hydrogens is 438 g/mol. The number of aliphatic carboxylic acids is 2. The van der Waals surface area contributed by atoms with E-state index in [9.17, 15) is 14.7 Å². The minimum Gasteiger partial charge on any atom is -0.497 e. The van der Waals surface area contributed by atoms with Gasteiger partial charge in [-0.05, 0) is 61.9 Å². The quantitative estimate of drug-likeness (QED) is 0.302. The van der Waals surface area contributed by atoms with Gasteiger partial charge in [-0.15, -0.1) is 0 Å². The normalized spacial score (nSPS) is 11.9. The molecule has 0 aliphatic heterocycles. The average molecular weight is 472 g/mol. The smallest absolute Gasteiger partial charge is 0.303 e. The van der Waals surface area contributed by atoms with Crippen LogP contribution in [0.15, 0.2) is 42.5 Å². The van der Waals surface area contributed by atoms with E-state index in [2.05, 4.69) is 17.1 Å². The van der Waals surface area contributed by atoms with Crippen molar-refractivity contribution in [2.24, 2.45) is 0 Å². The van der Waals surface area contributed by atoms with E-state index < -0.39 is 18.0 Å². The first kappa shape index (κ1) is 26.9. The van der Waals surface area contributed by atoms with Crippen molar-refractivity contribution < 1.29 is 34.4 Å². The molecular formula is C26H33NO7. The lowest BCUT2D eigenvalue weighted by molar-refractivity contribution is -0.138. The van der Waals surface area contributed by atoms with Crippen LogP contribution < -0.4 is 9.47 Å². The number of hydrogen-bond acceptors (Lipinski definition) is 6. The van der Waals surface area contributed by atoms with E-state index in [0.29, 0.717) is 30.2 Å². The Bertz CT molecular complexity index is 941. The number of carboxylic acid groups (broad SMARTS) is 2. The lowest BCUT2D eigenvalue weighted by Crippen LogP contribution is -2.09. The number of pyridine rings is 1. The van der Waals surface area contributed by atoms with E-state index in [1.165, 1.54) is 0 Å². The van der Waals surface area contributed by atoms with Crippen molar-refractivity contribution in [1.82, 2.24) is 4.98 Å². The third-order valence-electron chi connectivity index (χ3n) is 5.19. The minimum absolute atomic E-state index is 0.0284. The zero-order valence-electron chi connectivity index (χ0n) is 19.5. The molecule has 0 saturated carbocycles. The summed E-state index contributed by atoms with van der Waals surface area (Å²) in [5.74, 6) is -0.519. The number of carboxylic acids is 2. The second kappa shape index (κ2) is 14.7. The number of aryl methyl sites for hydroxylation is 1. The molecule has 0 aliphatic carbocycles. The van der Waals surface area contributed by atoms with E-state index in [0.717, 1.165) is 30.6 Å². The third kappa shape index (κ3) is 10.0. The summed E-state index contributed by atoms with van der Waals surface area (Å²) in [4.78, 5) is 26.1. The topological polar surface area (TPSA) is 126 Å². The Balaban J connectivity index is 1.84. The first-order valence-corrected chi connectivity index (χ1v) is 11.4. The zero-order chi connectivity index (χ0) is 24.8. The molecule has 0 bridgehead atoms. The number of hydrogen-bond donors (Lipinski definition) is 3. The summed E-state index contributed by atoms with van der Waals surface area (Å²) in [6, 6.07) is 11.2. The number of carbonyl (C=O) groups is 2. The van der Waals surface area contributed by atoms with Crippen LogP contribution >= 0.6 is 0 Å². The van der Waals surface area contributed by atoms with Crippen LogP contribution in [-0.4, -0.2) is 46.0 Å². The molecule has 0 aliphatic rings. The molecule has 1 aromatic heterocycles. The predicted molar refractivity (Wildman–Crippen MR) is 128 cm³/mol. The van der Waals surface area contributed by atoms with Crippen molar-refractivity contribution in [3.8, 4) is 11.5 Å². The number of unbranched alkanes of at least 4 members (excludes halogenated alkanes) is 2. The van der Waals surface area contributed by atoms with E-state index >= 15 is 0 Å². The SMILES string of the molecule is COc1ccc(C=CCCCCOc2ccc(C(O)CCCC(=O)O)nc2CCC(=O)O)cc1. The number of aromatic nitrogens is 1. The maximum atomic E-state index is 11.0. The van der Waals surface area contributed by atoms with Crippen molar-refractivity contribution >= 4 is 18.0 Å². The van der Waals surface area contributed by atoms with Crippen LogP contribution in [-0.2, 0) is 16.0 Å². The number of allylic oxidation sites excluding steroid dienone is 1. The molecule has 0 spiro atoms. The summed E-state index contributed by atoms with van der Waals surface area (Å²) < 4.78 is 11.0. The van der Waals surface area contributed by atoms with E-state index in [1.54, 1.807) is 19.2 Å². The van der Waals surface area contributed by atoms with Gasteiger partial charge in [-0.25, -0.2) is 0 Å². The van der Waals surface area contributed by atoms with Gasteiger partial charge in [0, 0.05) is 12.8 Å². The van der Waals surface area contributed by atoms with Crippen molar-refractivity contribution in [3.05, 3.63) is 59.4 Å². The van der Waals surface area contributed by atoms with Gasteiger partial charge in [0.25, 0.3) is 0 Å². The van der Waals surface area contributed by atoms with Crippen LogP contribution in [0, 0.1) is 0 Å². The molecule has 2 rings (SSSR count). The fourth-order valence-electron chi connectivity index (χ4n) is 3.30. The highest BCUT2D eigenvalue weighted by molar-refractivity contribution is 5.67. The molecule has 0 amide bonds. The van der Waals surface area contributed by atoms with Gasteiger partial charge < -0.3 is 24.8 Å². The fourth-order valence-corrected chi connectivity index (χ4v) is 3.30. The molecule has 3 N–H and O–H groups in total. The lowest BCUT2D eigenvalue weighted by atomic mass is 10.1. The second-order valence-electron chi connectivity index (χ2n) is 7.90. The van der Waals surface area contributed by atoms with Crippen LogP contribution in [0.25, 0.3) is 6.08 Å². The molecule has 0 saturated heterocycles. The fraction of sp³-hybridized carbons (Fsp3) is 0.423. The number of aliphatic hydroxyl groups excluding tert-OH is 1. The maximum Gasteiger partial charge on any atom is 0.303 e. The van der Waals surface area contributed by atoms with Crippen molar-refractivity contribution in [2.75, 3.05) is 13.7 Å². The number of methoxy groups -OCH3 is 1. The summed E-state index contributed by atoms with van der Waals surface area (Å²) in [7, 11) is 1.64. The molecule has 2 aromatic rings. The molecule has 34 heavy (non-hydrogen) atoms. The van der Waals surface area contributed by atoms with Crippen LogP contribution in [0.5, 0.6) is 11.5 Å². The molecule has 1 aromatic carbocycles. The number of nitrogens with zero attached hydrogens (tertiary/aromatic N) is 1. The van der Waals surface area contributed by atoms with E-state index in [-0.39, 0.29) is 25.7 Å². The molecule has 1 unspecified atom stereocenters. The van der Waals surface area contributed by atoms with E-state index in [1.807, 2.05) is 24.3 Å². The van der Waals surface area contributed by atoms with Crippen molar-refractivity contribution in [2.45, 2.75) is 57.5 Å². The van der Waals surface area contributed by atoms with Crippen molar-refractivity contribution in [3.63, 3.8) is 0 Å². The first-order chi connectivity index (χ1) is 16.4. The van der Waals surface area contributed by atoms with Crippen LogP contribution in [0.2, 0.25) is 0 Å². The summed E-state index contributed by atoms with van der Waals surface area (Å²) in [6.45, 7) is 0.471. The molecule has 1 atom stereocenters. The highest BCUT2D eigenvalue weighted by Crippen LogP contribution is 2.24. The van der Waals surface area contributed by atoms with Crippen LogP contribution in [0.1, 0.15) is 68.0 Å².